The van der Waals surface area contributed by atoms with E-state index in [1.165, 1.54) is 0 Å². The van der Waals surface area contributed by atoms with Gasteiger partial charge in [0, 0.05) is 10.8 Å². The first-order valence-corrected chi connectivity index (χ1v) is 4.47. The average molecular weight is 187 g/mol. The lowest BCUT2D eigenvalue weighted by molar-refractivity contribution is 0.308. The SMILES string of the molecule is CC1(C)C(=S)NC(=S)C1(C)C. The lowest BCUT2D eigenvalue weighted by Gasteiger charge is -2.31. The van der Waals surface area contributed by atoms with Crippen LogP contribution < -0.4 is 5.32 Å². The Hall–Kier alpha value is -0.0200. The lowest BCUT2D eigenvalue weighted by atomic mass is 9.71. The molecule has 0 amide bonds. The van der Waals surface area contributed by atoms with Crippen LogP contribution in [0.3, 0.4) is 0 Å². The van der Waals surface area contributed by atoms with E-state index >= 15 is 0 Å². The van der Waals surface area contributed by atoms with Crippen LogP contribution >= 0.6 is 24.4 Å². The van der Waals surface area contributed by atoms with Crippen molar-refractivity contribution in [2.24, 2.45) is 10.8 Å². The van der Waals surface area contributed by atoms with Gasteiger partial charge in [0.1, 0.15) is 0 Å². The van der Waals surface area contributed by atoms with Crippen LogP contribution in [0.5, 0.6) is 0 Å². The standard InChI is InChI=1S/C8H13NS2/c1-7(2)5(10)9-6(11)8(7,3)4/h1-4H3,(H,9,10,11). The van der Waals surface area contributed by atoms with E-state index in [1.807, 2.05) is 0 Å². The second kappa shape index (κ2) is 2.23. The predicted molar refractivity (Wildman–Crippen MR) is 55.9 cm³/mol. The minimum atomic E-state index is -0.000579. The number of rotatable bonds is 0. The van der Waals surface area contributed by atoms with Crippen LogP contribution in [0.15, 0.2) is 0 Å². The van der Waals surface area contributed by atoms with Gasteiger partial charge in [0.25, 0.3) is 0 Å². The van der Waals surface area contributed by atoms with E-state index in [9.17, 15) is 0 Å². The van der Waals surface area contributed by atoms with Crippen molar-refractivity contribution in [3.05, 3.63) is 0 Å². The van der Waals surface area contributed by atoms with E-state index in [1.54, 1.807) is 0 Å². The highest BCUT2D eigenvalue weighted by Crippen LogP contribution is 2.44. The molecule has 1 nitrogen and oxygen atoms in total. The minimum absolute atomic E-state index is 0.000579. The maximum atomic E-state index is 5.18. The van der Waals surface area contributed by atoms with E-state index in [0.29, 0.717) is 0 Å². The molecule has 0 atom stereocenters. The summed E-state index contributed by atoms with van der Waals surface area (Å²) in [6.45, 7) is 8.51. The van der Waals surface area contributed by atoms with E-state index in [2.05, 4.69) is 33.0 Å². The van der Waals surface area contributed by atoms with Crippen molar-refractivity contribution in [3.8, 4) is 0 Å². The van der Waals surface area contributed by atoms with Gasteiger partial charge in [-0.25, -0.2) is 0 Å². The lowest BCUT2D eigenvalue weighted by Crippen LogP contribution is -2.33. The van der Waals surface area contributed by atoms with Crippen LogP contribution in [0.2, 0.25) is 0 Å². The zero-order valence-corrected chi connectivity index (χ0v) is 8.95. The number of thiocarbonyl (C=S) groups is 2. The molecule has 1 aliphatic rings. The minimum Gasteiger partial charge on any atom is -0.344 e. The zero-order chi connectivity index (χ0) is 8.86. The summed E-state index contributed by atoms with van der Waals surface area (Å²) in [4.78, 5) is 1.74. The predicted octanol–water partition coefficient (Wildman–Crippen LogP) is 2.30. The summed E-state index contributed by atoms with van der Waals surface area (Å²) in [6.07, 6.45) is 0. The van der Waals surface area contributed by atoms with Crippen LogP contribution in [0.25, 0.3) is 0 Å². The van der Waals surface area contributed by atoms with Gasteiger partial charge < -0.3 is 5.32 Å². The molecule has 3 heteroatoms. The molecular weight excluding hydrogens is 174 g/mol. The van der Waals surface area contributed by atoms with Gasteiger partial charge in [-0.2, -0.15) is 0 Å². The van der Waals surface area contributed by atoms with Crippen molar-refractivity contribution in [2.45, 2.75) is 27.7 Å². The third kappa shape index (κ3) is 1.02. The van der Waals surface area contributed by atoms with E-state index in [0.717, 1.165) is 9.98 Å². The summed E-state index contributed by atoms with van der Waals surface area (Å²) in [5, 5.41) is 3.06. The molecule has 1 heterocycles. The normalized spacial score (nSPS) is 26.9. The first kappa shape index (κ1) is 9.07. The highest BCUT2D eigenvalue weighted by molar-refractivity contribution is 7.82. The summed E-state index contributed by atoms with van der Waals surface area (Å²) in [7, 11) is 0. The molecule has 1 N–H and O–H groups in total. The van der Waals surface area contributed by atoms with Crippen molar-refractivity contribution in [1.29, 1.82) is 0 Å². The summed E-state index contributed by atoms with van der Waals surface area (Å²) in [6, 6.07) is 0. The fourth-order valence-electron chi connectivity index (χ4n) is 0.983. The topological polar surface area (TPSA) is 12.0 Å². The smallest absolute Gasteiger partial charge is 0.0867 e. The summed E-state index contributed by atoms with van der Waals surface area (Å²) >= 11 is 10.4. The van der Waals surface area contributed by atoms with Gasteiger partial charge in [0.15, 0.2) is 0 Å². The Bertz CT molecular complexity index is 204. The number of nitrogens with one attached hydrogen (secondary N) is 1. The molecule has 0 radical (unpaired) electrons. The molecule has 62 valence electrons. The third-order valence-corrected chi connectivity index (χ3v) is 4.15. The Morgan fingerprint density at radius 3 is 1.27 bits per heavy atom. The van der Waals surface area contributed by atoms with Crippen LogP contribution in [-0.4, -0.2) is 9.98 Å². The van der Waals surface area contributed by atoms with Crippen molar-refractivity contribution < 1.29 is 0 Å². The second-order valence-electron chi connectivity index (χ2n) is 4.03. The summed E-state index contributed by atoms with van der Waals surface area (Å²) in [5.74, 6) is 0. The van der Waals surface area contributed by atoms with Gasteiger partial charge in [-0.3, -0.25) is 0 Å². The maximum absolute atomic E-state index is 5.18. The molecule has 0 aromatic heterocycles. The monoisotopic (exact) mass is 187 g/mol. The first-order chi connectivity index (χ1) is 4.80. The van der Waals surface area contributed by atoms with E-state index in [4.69, 9.17) is 24.4 Å². The molecule has 0 aliphatic carbocycles. The van der Waals surface area contributed by atoms with Crippen molar-refractivity contribution in [1.82, 2.24) is 5.32 Å². The molecule has 0 spiro atoms. The molecule has 1 fully saturated rings. The molecular formula is C8H13NS2. The first-order valence-electron chi connectivity index (χ1n) is 3.66. The van der Waals surface area contributed by atoms with Crippen molar-refractivity contribution in [3.63, 3.8) is 0 Å². The average Bonchev–Trinajstić information content (AvgIpc) is 1.95. The van der Waals surface area contributed by atoms with Crippen LogP contribution in [0, 0.1) is 10.8 Å². The molecule has 1 rings (SSSR count). The zero-order valence-electron chi connectivity index (χ0n) is 7.32. The molecule has 11 heavy (non-hydrogen) atoms. The molecule has 1 saturated heterocycles. The summed E-state index contributed by atoms with van der Waals surface area (Å²) in [5.41, 5.74) is -0.00116. The van der Waals surface area contributed by atoms with Crippen LogP contribution in [0.4, 0.5) is 0 Å². The quantitative estimate of drug-likeness (QED) is 0.584. The fourth-order valence-corrected chi connectivity index (χ4v) is 1.76. The van der Waals surface area contributed by atoms with Gasteiger partial charge in [0.2, 0.25) is 0 Å². The molecule has 1 aliphatic heterocycles. The Morgan fingerprint density at radius 2 is 1.18 bits per heavy atom. The fraction of sp³-hybridized carbons (Fsp3) is 0.750. The molecule has 0 aromatic rings. The van der Waals surface area contributed by atoms with E-state index in [-0.39, 0.29) is 10.8 Å². The largest absolute Gasteiger partial charge is 0.344 e. The van der Waals surface area contributed by atoms with Crippen LogP contribution in [-0.2, 0) is 0 Å². The molecule has 0 bridgehead atoms. The van der Waals surface area contributed by atoms with Gasteiger partial charge in [-0.15, -0.1) is 0 Å². The highest BCUT2D eigenvalue weighted by Gasteiger charge is 2.49. The Morgan fingerprint density at radius 1 is 0.909 bits per heavy atom. The van der Waals surface area contributed by atoms with Gasteiger partial charge in [-0.1, -0.05) is 52.1 Å². The van der Waals surface area contributed by atoms with Gasteiger partial charge >= 0.3 is 0 Å². The van der Waals surface area contributed by atoms with E-state index < -0.39 is 0 Å². The second-order valence-corrected chi connectivity index (χ2v) is 4.85. The third-order valence-electron chi connectivity index (χ3n) is 2.92. The Kier molecular flexibility index (Phi) is 1.84. The molecule has 0 saturated carbocycles. The summed E-state index contributed by atoms with van der Waals surface area (Å²) < 4.78 is 0. The molecule has 0 unspecified atom stereocenters. The van der Waals surface area contributed by atoms with Gasteiger partial charge in [0.05, 0.1) is 9.98 Å². The maximum Gasteiger partial charge on any atom is 0.0867 e. The van der Waals surface area contributed by atoms with Crippen LogP contribution in [0.1, 0.15) is 27.7 Å². The van der Waals surface area contributed by atoms with Gasteiger partial charge in [-0.05, 0) is 0 Å². The van der Waals surface area contributed by atoms with Crippen molar-refractivity contribution in [2.75, 3.05) is 0 Å². The van der Waals surface area contributed by atoms with Crippen molar-refractivity contribution >= 4 is 34.4 Å². The highest BCUT2D eigenvalue weighted by atomic mass is 32.1. The molecule has 0 aromatic carbocycles. The number of hydrogen-bond acceptors (Lipinski definition) is 2. The Balaban J connectivity index is 3.15. The Labute approximate surface area is 78.6 Å². The number of hydrogen-bond donors (Lipinski definition) is 1.